The van der Waals surface area contributed by atoms with Crippen LogP contribution >= 0.6 is 11.8 Å². The van der Waals surface area contributed by atoms with E-state index in [1.165, 1.54) is 28.1 Å². The van der Waals surface area contributed by atoms with Crippen LogP contribution in [0.3, 0.4) is 0 Å². The third kappa shape index (κ3) is 5.85. The Morgan fingerprint density at radius 2 is 1.88 bits per heavy atom. The lowest BCUT2D eigenvalue weighted by Crippen LogP contribution is -2.27. The smallest absolute Gasteiger partial charge is 0.230 e. The number of nitrogens with one attached hydrogen (secondary N) is 1. The number of hydrogen-bond acceptors (Lipinski definition) is 5. The fraction of sp³-hybridized carbons (Fsp3) is 0.222. The lowest BCUT2D eigenvalue weighted by atomic mass is 10.0. The number of rotatable bonds is 11. The lowest BCUT2D eigenvalue weighted by Gasteiger charge is -2.12. The summed E-state index contributed by atoms with van der Waals surface area (Å²) in [7, 11) is 0. The average Bonchev–Trinajstić information content (AvgIpc) is 3.25. The summed E-state index contributed by atoms with van der Waals surface area (Å²) in [5.74, 6) is 1.76. The summed E-state index contributed by atoms with van der Waals surface area (Å²) < 4.78 is 8.04. The Kier molecular flexibility index (Phi) is 7.99. The van der Waals surface area contributed by atoms with Crippen LogP contribution in [0, 0.1) is 6.92 Å². The zero-order chi connectivity index (χ0) is 23.8. The van der Waals surface area contributed by atoms with Crippen molar-refractivity contribution in [2.75, 3.05) is 12.3 Å². The van der Waals surface area contributed by atoms with Crippen molar-refractivity contribution >= 4 is 28.4 Å². The monoisotopic (exact) mass is 472 g/mol. The summed E-state index contributed by atoms with van der Waals surface area (Å²) in [5, 5.41) is 14.6. The molecule has 174 valence electrons. The number of nitrogens with zero attached hydrogens (tertiary/aromatic N) is 3. The van der Waals surface area contributed by atoms with E-state index >= 15 is 0 Å². The van der Waals surface area contributed by atoms with Gasteiger partial charge in [0, 0.05) is 13.1 Å². The SMILES string of the molecule is C=CCn1c(COc2ccc3ccccc3c2C)nnc1SCC(=O)NCCc1ccccc1. The molecule has 3 aromatic carbocycles. The molecule has 34 heavy (non-hydrogen) atoms. The summed E-state index contributed by atoms with van der Waals surface area (Å²) >= 11 is 1.36. The van der Waals surface area contributed by atoms with Crippen molar-refractivity contribution in [1.82, 2.24) is 20.1 Å². The van der Waals surface area contributed by atoms with E-state index in [1.54, 1.807) is 6.08 Å². The van der Waals surface area contributed by atoms with E-state index in [0.717, 1.165) is 17.7 Å². The molecular weight excluding hydrogens is 444 g/mol. The predicted molar refractivity (Wildman–Crippen MR) is 137 cm³/mol. The molecule has 0 aliphatic heterocycles. The zero-order valence-electron chi connectivity index (χ0n) is 19.2. The normalized spacial score (nSPS) is 10.9. The van der Waals surface area contributed by atoms with E-state index in [9.17, 15) is 4.79 Å². The van der Waals surface area contributed by atoms with Crippen LogP contribution in [0.15, 0.2) is 84.5 Å². The van der Waals surface area contributed by atoms with Gasteiger partial charge in [-0.15, -0.1) is 16.8 Å². The van der Waals surface area contributed by atoms with E-state index in [2.05, 4.69) is 59.3 Å². The first kappa shape index (κ1) is 23.6. The van der Waals surface area contributed by atoms with Crippen molar-refractivity contribution in [3.63, 3.8) is 0 Å². The fourth-order valence-corrected chi connectivity index (χ4v) is 4.52. The van der Waals surface area contributed by atoms with Crippen LogP contribution in [0.2, 0.25) is 0 Å². The number of carbonyl (C=O) groups excluding carboxylic acids is 1. The molecule has 0 unspecified atom stereocenters. The number of aromatic nitrogens is 3. The van der Waals surface area contributed by atoms with Gasteiger partial charge in [0.25, 0.3) is 0 Å². The first-order valence-corrected chi connectivity index (χ1v) is 12.2. The second kappa shape index (κ2) is 11.5. The minimum Gasteiger partial charge on any atom is -0.485 e. The molecule has 0 saturated heterocycles. The Labute approximate surface area is 204 Å². The molecule has 0 aliphatic rings. The maximum absolute atomic E-state index is 12.3. The van der Waals surface area contributed by atoms with E-state index in [4.69, 9.17) is 4.74 Å². The third-order valence-electron chi connectivity index (χ3n) is 5.52. The Morgan fingerprint density at radius 1 is 1.09 bits per heavy atom. The number of ether oxygens (including phenoxy) is 1. The van der Waals surface area contributed by atoms with Crippen LogP contribution in [0.5, 0.6) is 5.75 Å². The Balaban J connectivity index is 1.34. The van der Waals surface area contributed by atoms with E-state index in [-0.39, 0.29) is 18.3 Å². The van der Waals surface area contributed by atoms with Gasteiger partial charge >= 0.3 is 0 Å². The molecule has 1 aromatic heterocycles. The molecule has 4 aromatic rings. The van der Waals surface area contributed by atoms with Crippen LogP contribution in [-0.4, -0.2) is 33.0 Å². The van der Waals surface area contributed by atoms with E-state index < -0.39 is 0 Å². The van der Waals surface area contributed by atoms with Crippen molar-refractivity contribution in [3.05, 3.63) is 96.3 Å². The van der Waals surface area contributed by atoms with Crippen LogP contribution in [0.4, 0.5) is 0 Å². The molecule has 0 radical (unpaired) electrons. The first-order chi connectivity index (χ1) is 16.7. The molecule has 4 rings (SSSR count). The molecule has 1 amide bonds. The quantitative estimate of drug-likeness (QED) is 0.247. The highest BCUT2D eigenvalue weighted by molar-refractivity contribution is 7.99. The Hall–Kier alpha value is -3.58. The number of amides is 1. The fourth-order valence-electron chi connectivity index (χ4n) is 3.72. The number of hydrogen-bond donors (Lipinski definition) is 1. The Bertz CT molecular complexity index is 1270. The lowest BCUT2D eigenvalue weighted by molar-refractivity contribution is -0.118. The topological polar surface area (TPSA) is 69.0 Å². The van der Waals surface area contributed by atoms with E-state index in [1.807, 2.05) is 41.0 Å². The van der Waals surface area contributed by atoms with Gasteiger partial charge in [-0.1, -0.05) is 78.5 Å². The largest absolute Gasteiger partial charge is 0.485 e. The van der Waals surface area contributed by atoms with Crippen LogP contribution in [0.1, 0.15) is 17.0 Å². The molecule has 0 bridgehead atoms. The molecule has 0 aliphatic carbocycles. The summed E-state index contributed by atoms with van der Waals surface area (Å²) in [5.41, 5.74) is 2.29. The average molecular weight is 473 g/mol. The van der Waals surface area contributed by atoms with Gasteiger partial charge in [-0.25, -0.2) is 0 Å². The van der Waals surface area contributed by atoms with Gasteiger partial charge in [-0.3, -0.25) is 9.36 Å². The number of carbonyl (C=O) groups is 1. The number of fused-ring (bicyclic) bond motifs is 1. The molecule has 0 saturated carbocycles. The van der Waals surface area contributed by atoms with Crippen molar-refractivity contribution in [2.24, 2.45) is 0 Å². The van der Waals surface area contributed by atoms with Crippen molar-refractivity contribution < 1.29 is 9.53 Å². The molecule has 7 heteroatoms. The van der Waals surface area contributed by atoms with Gasteiger partial charge in [0.1, 0.15) is 12.4 Å². The molecule has 6 nitrogen and oxygen atoms in total. The van der Waals surface area contributed by atoms with Crippen LogP contribution < -0.4 is 10.1 Å². The highest BCUT2D eigenvalue weighted by atomic mass is 32.2. The molecule has 1 N–H and O–H groups in total. The maximum Gasteiger partial charge on any atom is 0.230 e. The summed E-state index contributed by atoms with van der Waals surface area (Å²) in [6, 6.07) is 22.4. The standard InChI is InChI=1S/C27H28N4O2S/c1-3-17-31-25(18-33-24-14-13-22-11-7-8-12-23(22)20(24)2)29-30-27(31)34-19-26(32)28-16-15-21-9-5-4-6-10-21/h3-14H,1,15-19H2,2H3,(H,28,32). The Morgan fingerprint density at radius 3 is 2.71 bits per heavy atom. The highest BCUT2D eigenvalue weighted by Gasteiger charge is 2.15. The number of thioether (sulfide) groups is 1. The van der Waals surface area contributed by atoms with Crippen molar-refractivity contribution in [2.45, 2.75) is 31.7 Å². The van der Waals surface area contributed by atoms with Crippen LogP contribution in [-0.2, 0) is 24.4 Å². The van der Waals surface area contributed by atoms with Gasteiger partial charge in [-0.05, 0) is 41.3 Å². The van der Waals surface area contributed by atoms with Crippen LogP contribution in [0.25, 0.3) is 10.8 Å². The zero-order valence-corrected chi connectivity index (χ0v) is 20.1. The molecule has 0 atom stereocenters. The second-order valence-corrected chi connectivity index (χ2v) is 8.81. The van der Waals surface area contributed by atoms with Crippen molar-refractivity contribution in [1.29, 1.82) is 0 Å². The summed E-state index contributed by atoms with van der Waals surface area (Å²) in [6.45, 7) is 7.33. The maximum atomic E-state index is 12.3. The predicted octanol–water partition coefficient (Wildman–Crippen LogP) is 4.96. The molecule has 1 heterocycles. The van der Waals surface area contributed by atoms with Crippen molar-refractivity contribution in [3.8, 4) is 5.75 Å². The minimum absolute atomic E-state index is 0.0290. The van der Waals surface area contributed by atoms with Gasteiger partial charge in [0.15, 0.2) is 11.0 Å². The second-order valence-electron chi connectivity index (χ2n) is 7.87. The van der Waals surface area contributed by atoms with Gasteiger partial charge < -0.3 is 10.1 Å². The van der Waals surface area contributed by atoms with Gasteiger partial charge in [0.05, 0.1) is 5.75 Å². The third-order valence-corrected chi connectivity index (χ3v) is 6.49. The number of allylic oxidation sites excluding steroid dienone is 1. The molecule has 0 spiro atoms. The number of benzene rings is 3. The van der Waals surface area contributed by atoms with E-state index in [0.29, 0.717) is 24.1 Å². The summed E-state index contributed by atoms with van der Waals surface area (Å²) in [6.07, 6.45) is 2.59. The highest BCUT2D eigenvalue weighted by Crippen LogP contribution is 2.28. The first-order valence-electron chi connectivity index (χ1n) is 11.2. The molecule has 0 fully saturated rings. The minimum atomic E-state index is -0.0290. The number of aryl methyl sites for hydroxylation is 1. The van der Waals surface area contributed by atoms with Gasteiger partial charge in [0.2, 0.25) is 5.91 Å². The summed E-state index contributed by atoms with van der Waals surface area (Å²) in [4.78, 5) is 12.3. The van der Waals surface area contributed by atoms with Gasteiger partial charge in [-0.2, -0.15) is 0 Å². The molecular formula is C27H28N4O2S.